The molecular weight excluding hydrogens is 218 g/mol. The number of hydrogen-bond acceptors (Lipinski definition) is 3. The van der Waals surface area contributed by atoms with E-state index in [4.69, 9.17) is 10.00 Å². The van der Waals surface area contributed by atoms with Crippen LogP contribution in [0.4, 0.5) is 0 Å². The van der Waals surface area contributed by atoms with E-state index in [1.165, 1.54) is 10.5 Å². The molecule has 1 fully saturated rings. The molecule has 0 unspecified atom stereocenters. The summed E-state index contributed by atoms with van der Waals surface area (Å²) in [5.41, 5.74) is 0.963. The third-order valence-electron chi connectivity index (χ3n) is 2.77. The Bertz CT molecular complexity index is 389. The number of rotatable bonds is 4. The quantitative estimate of drug-likeness (QED) is 0.750. The van der Waals surface area contributed by atoms with Gasteiger partial charge in [0.2, 0.25) is 0 Å². The third kappa shape index (κ3) is 2.40. The van der Waals surface area contributed by atoms with Crippen LogP contribution in [-0.4, -0.2) is 19.0 Å². The molecule has 1 saturated heterocycles. The summed E-state index contributed by atoms with van der Waals surface area (Å²) in [7, 11) is 0. The fraction of sp³-hybridized carbons (Fsp3) is 0.462. The lowest BCUT2D eigenvalue weighted by molar-refractivity contribution is -0.0765. The summed E-state index contributed by atoms with van der Waals surface area (Å²) >= 11 is 1.84. The predicted octanol–water partition coefficient (Wildman–Crippen LogP) is 2.88. The highest BCUT2D eigenvalue weighted by Gasteiger charge is 2.38. The Morgan fingerprint density at radius 2 is 2.06 bits per heavy atom. The second-order valence-electron chi connectivity index (χ2n) is 4.14. The molecule has 0 spiro atoms. The molecule has 3 heteroatoms. The topological polar surface area (TPSA) is 33.0 Å². The van der Waals surface area contributed by atoms with Gasteiger partial charge in [-0.1, -0.05) is 19.1 Å². The highest BCUT2D eigenvalue weighted by molar-refractivity contribution is 7.99. The summed E-state index contributed by atoms with van der Waals surface area (Å²) < 4.78 is 5.14. The molecule has 1 heterocycles. The molecule has 2 nitrogen and oxygen atoms in total. The number of thioether (sulfide) groups is 1. The van der Waals surface area contributed by atoms with E-state index in [1.807, 2.05) is 11.8 Å². The van der Waals surface area contributed by atoms with Gasteiger partial charge in [-0.2, -0.15) is 5.26 Å². The Morgan fingerprint density at radius 3 is 2.50 bits per heavy atom. The normalized spacial score (nSPS) is 17.5. The van der Waals surface area contributed by atoms with Crippen molar-refractivity contribution in [2.24, 2.45) is 5.41 Å². The number of hydrogen-bond donors (Lipinski definition) is 0. The maximum Gasteiger partial charge on any atom is 0.108 e. The molecule has 1 aliphatic rings. The first-order valence-electron chi connectivity index (χ1n) is 5.49. The summed E-state index contributed by atoms with van der Waals surface area (Å²) in [5, 5.41) is 9.10. The molecule has 0 aliphatic carbocycles. The van der Waals surface area contributed by atoms with Crippen LogP contribution in [0.1, 0.15) is 12.5 Å². The van der Waals surface area contributed by atoms with E-state index in [-0.39, 0.29) is 5.41 Å². The van der Waals surface area contributed by atoms with Gasteiger partial charge in [0.05, 0.1) is 19.3 Å². The van der Waals surface area contributed by atoms with Crippen LogP contribution in [0.2, 0.25) is 0 Å². The molecular formula is C13H15NOS. The van der Waals surface area contributed by atoms with E-state index in [1.54, 1.807) is 0 Å². The van der Waals surface area contributed by atoms with Gasteiger partial charge in [-0.15, -0.1) is 11.8 Å². The average Bonchev–Trinajstić information content (AvgIpc) is 2.26. The van der Waals surface area contributed by atoms with Crippen molar-refractivity contribution in [3.8, 4) is 6.07 Å². The molecule has 84 valence electrons. The van der Waals surface area contributed by atoms with Crippen molar-refractivity contribution in [2.45, 2.75) is 18.2 Å². The van der Waals surface area contributed by atoms with Crippen LogP contribution in [0.15, 0.2) is 29.2 Å². The van der Waals surface area contributed by atoms with Crippen molar-refractivity contribution in [1.29, 1.82) is 5.26 Å². The highest BCUT2D eigenvalue weighted by Crippen LogP contribution is 2.31. The molecule has 1 aromatic carbocycles. The maximum absolute atomic E-state index is 9.10. The summed E-state index contributed by atoms with van der Waals surface area (Å²) in [5.74, 6) is 1.09. The fourth-order valence-corrected chi connectivity index (χ4v) is 2.48. The van der Waals surface area contributed by atoms with E-state index in [2.05, 4.69) is 37.3 Å². The third-order valence-corrected chi connectivity index (χ3v) is 3.66. The largest absolute Gasteiger partial charge is 0.378 e. The molecule has 0 amide bonds. The average molecular weight is 233 g/mol. The van der Waals surface area contributed by atoms with Crippen LogP contribution in [0.3, 0.4) is 0 Å². The first-order valence-corrected chi connectivity index (χ1v) is 6.47. The predicted molar refractivity (Wildman–Crippen MR) is 65.4 cm³/mol. The van der Waals surface area contributed by atoms with Gasteiger partial charge in [0.15, 0.2) is 0 Å². The van der Waals surface area contributed by atoms with Crippen molar-refractivity contribution in [1.82, 2.24) is 0 Å². The Hall–Kier alpha value is -0.980. The Labute approximate surface area is 101 Å². The fourth-order valence-electron chi connectivity index (χ4n) is 1.82. The molecule has 0 N–H and O–H groups in total. The lowest BCUT2D eigenvalue weighted by Crippen LogP contribution is -2.43. The molecule has 0 atom stereocenters. The van der Waals surface area contributed by atoms with Gasteiger partial charge in [-0.05, 0) is 29.9 Å². The first-order chi connectivity index (χ1) is 7.78. The minimum absolute atomic E-state index is 0.264. The zero-order valence-electron chi connectivity index (χ0n) is 9.40. The Morgan fingerprint density at radius 1 is 1.38 bits per heavy atom. The van der Waals surface area contributed by atoms with Crippen LogP contribution in [-0.2, 0) is 11.2 Å². The smallest absolute Gasteiger partial charge is 0.108 e. The van der Waals surface area contributed by atoms with Crippen molar-refractivity contribution in [2.75, 3.05) is 19.0 Å². The van der Waals surface area contributed by atoms with Crippen molar-refractivity contribution in [3.05, 3.63) is 29.8 Å². The molecule has 0 bridgehead atoms. The van der Waals surface area contributed by atoms with Crippen molar-refractivity contribution in [3.63, 3.8) is 0 Å². The van der Waals surface area contributed by atoms with Gasteiger partial charge < -0.3 is 4.74 Å². The van der Waals surface area contributed by atoms with Crippen LogP contribution in [0.25, 0.3) is 0 Å². The molecule has 1 aromatic rings. The summed E-state index contributed by atoms with van der Waals surface area (Å²) in [6, 6.07) is 10.9. The van der Waals surface area contributed by atoms with Gasteiger partial charge in [0.25, 0.3) is 0 Å². The molecule has 0 radical (unpaired) electrons. The van der Waals surface area contributed by atoms with E-state index in [9.17, 15) is 0 Å². The van der Waals surface area contributed by atoms with Crippen molar-refractivity contribution >= 4 is 11.8 Å². The van der Waals surface area contributed by atoms with Crippen LogP contribution < -0.4 is 0 Å². The van der Waals surface area contributed by atoms with Crippen LogP contribution in [0.5, 0.6) is 0 Å². The van der Waals surface area contributed by atoms with E-state index in [0.717, 1.165) is 12.2 Å². The number of benzene rings is 1. The second kappa shape index (κ2) is 4.90. The lowest BCUT2D eigenvalue weighted by Gasteiger charge is -2.35. The van der Waals surface area contributed by atoms with Crippen LogP contribution in [0, 0.1) is 16.7 Å². The van der Waals surface area contributed by atoms with Gasteiger partial charge in [-0.25, -0.2) is 0 Å². The molecule has 1 aliphatic heterocycles. The number of nitrogens with zero attached hydrogens (tertiary/aromatic N) is 1. The minimum Gasteiger partial charge on any atom is -0.378 e. The standard InChI is InChI=1S/C13H15NOS/c1-2-16-12-5-3-11(4-6-12)7-13(8-14)9-15-10-13/h3-6H,2,7,9-10H2,1H3. The maximum atomic E-state index is 9.10. The Balaban J connectivity index is 2.02. The molecule has 2 rings (SSSR count). The SMILES string of the molecule is CCSc1ccc(CC2(C#N)COC2)cc1. The highest BCUT2D eigenvalue weighted by atomic mass is 32.2. The second-order valence-corrected chi connectivity index (χ2v) is 5.48. The number of ether oxygens (including phenoxy) is 1. The van der Waals surface area contributed by atoms with Gasteiger partial charge in [0, 0.05) is 4.90 Å². The zero-order chi connectivity index (χ0) is 11.4. The van der Waals surface area contributed by atoms with E-state index >= 15 is 0 Å². The summed E-state index contributed by atoms with van der Waals surface area (Å²) in [6.45, 7) is 3.30. The first kappa shape index (κ1) is 11.5. The van der Waals surface area contributed by atoms with E-state index < -0.39 is 0 Å². The molecule has 0 aromatic heterocycles. The van der Waals surface area contributed by atoms with Gasteiger partial charge in [0.1, 0.15) is 5.41 Å². The van der Waals surface area contributed by atoms with Gasteiger partial charge in [-0.3, -0.25) is 0 Å². The molecule has 16 heavy (non-hydrogen) atoms. The van der Waals surface area contributed by atoms with Gasteiger partial charge >= 0.3 is 0 Å². The summed E-state index contributed by atoms with van der Waals surface area (Å²) in [4.78, 5) is 1.29. The number of nitriles is 1. The van der Waals surface area contributed by atoms with Crippen molar-refractivity contribution < 1.29 is 4.74 Å². The Kier molecular flexibility index (Phi) is 3.52. The summed E-state index contributed by atoms with van der Waals surface area (Å²) in [6.07, 6.45) is 0.806. The zero-order valence-corrected chi connectivity index (χ0v) is 10.2. The lowest BCUT2D eigenvalue weighted by atomic mass is 9.81. The van der Waals surface area contributed by atoms with E-state index in [0.29, 0.717) is 13.2 Å². The molecule has 0 saturated carbocycles. The van der Waals surface area contributed by atoms with Crippen LogP contribution >= 0.6 is 11.8 Å². The minimum atomic E-state index is -0.264. The monoisotopic (exact) mass is 233 g/mol.